The molecule has 0 aliphatic rings. The van der Waals surface area contributed by atoms with Crippen LogP contribution in [0.2, 0.25) is 0 Å². The predicted octanol–water partition coefficient (Wildman–Crippen LogP) is 2.05. The predicted molar refractivity (Wildman–Crippen MR) is 40.3 cm³/mol. The Hall–Kier alpha value is -0.0400. The average Bonchev–Trinajstić information content (AvgIpc) is 1.83. The quantitative estimate of drug-likeness (QED) is 0.617. The van der Waals surface area contributed by atoms with Crippen molar-refractivity contribution in [2.24, 2.45) is 11.8 Å². The van der Waals surface area contributed by atoms with Gasteiger partial charge in [-0.1, -0.05) is 27.2 Å². The lowest BCUT2D eigenvalue weighted by Gasteiger charge is -2.08. The molecule has 0 saturated heterocycles. The Balaban J connectivity index is 3.06. The van der Waals surface area contributed by atoms with E-state index >= 15 is 0 Å². The average molecular weight is 130 g/mol. The fourth-order valence-electron chi connectivity index (χ4n) is 0.709. The number of aliphatic hydroxyl groups excluding tert-OH is 1. The summed E-state index contributed by atoms with van der Waals surface area (Å²) in [5, 5.41) is 8.65. The summed E-state index contributed by atoms with van der Waals surface area (Å²) in [5.74, 6) is 1.27. The lowest BCUT2D eigenvalue weighted by atomic mass is 10.0. The van der Waals surface area contributed by atoms with Gasteiger partial charge < -0.3 is 5.11 Å². The van der Waals surface area contributed by atoms with Crippen LogP contribution in [0.3, 0.4) is 0 Å². The van der Waals surface area contributed by atoms with Crippen molar-refractivity contribution in [2.45, 2.75) is 33.6 Å². The molecule has 0 saturated carbocycles. The van der Waals surface area contributed by atoms with Gasteiger partial charge >= 0.3 is 0 Å². The number of hydrogen-bond acceptors (Lipinski definition) is 1. The van der Waals surface area contributed by atoms with E-state index in [1.165, 1.54) is 6.42 Å². The third-order valence-corrected chi connectivity index (χ3v) is 1.55. The molecule has 0 aliphatic heterocycles. The first-order chi connectivity index (χ1) is 4.16. The third-order valence-electron chi connectivity index (χ3n) is 1.55. The molecule has 0 aromatic heterocycles. The van der Waals surface area contributed by atoms with E-state index < -0.39 is 0 Å². The van der Waals surface area contributed by atoms with Crippen LogP contribution >= 0.6 is 0 Å². The third kappa shape index (κ3) is 5.84. The van der Waals surface area contributed by atoms with Crippen LogP contribution in [0.25, 0.3) is 0 Å². The zero-order chi connectivity index (χ0) is 7.28. The van der Waals surface area contributed by atoms with E-state index in [4.69, 9.17) is 5.11 Å². The molecule has 1 N–H and O–H groups in total. The van der Waals surface area contributed by atoms with Gasteiger partial charge in [-0.2, -0.15) is 0 Å². The van der Waals surface area contributed by atoms with E-state index in [0.717, 1.165) is 12.3 Å². The standard InChI is InChI=1S/C8H18O/c1-7(2)4-5-8(3)6-9/h7-9H,4-6H2,1-3H3. The first-order valence-electron chi connectivity index (χ1n) is 3.77. The zero-order valence-electron chi connectivity index (χ0n) is 6.72. The Kier molecular flexibility index (Phi) is 4.78. The maximum atomic E-state index is 8.65. The van der Waals surface area contributed by atoms with Gasteiger partial charge in [-0.3, -0.25) is 0 Å². The zero-order valence-corrected chi connectivity index (χ0v) is 6.72. The lowest BCUT2D eigenvalue weighted by molar-refractivity contribution is 0.224. The van der Waals surface area contributed by atoms with Crippen molar-refractivity contribution in [3.05, 3.63) is 0 Å². The van der Waals surface area contributed by atoms with E-state index in [-0.39, 0.29) is 0 Å². The molecule has 0 amide bonds. The van der Waals surface area contributed by atoms with Crippen LogP contribution in [0.4, 0.5) is 0 Å². The molecule has 0 aromatic rings. The highest BCUT2D eigenvalue weighted by Gasteiger charge is 2.00. The van der Waals surface area contributed by atoms with Gasteiger partial charge in [0.15, 0.2) is 0 Å². The maximum Gasteiger partial charge on any atom is 0.0456 e. The van der Waals surface area contributed by atoms with Crippen molar-refractivity contribution in [1.82, 2.24) is 0 Å². The molecule has 1 atom stereocenters. The van der Waals surface area contributed by atoms with Gasteiger partial charge in [0.25, 0.3) is 0 Å². The SMILES string of the molecule is CC(C)CCC(C)CO. The summed E-state index contributed by atoms with van der Waals surface area (Å²) in [5.41, 5.74) is 0. The molecule has 0 rings (SSSR count). The first-order valence-corrected chi connectivity index (χ1v) is 3.77. The molecule has 56 valence electrons. The maximum absolute atomic E-state index is 8.65. The van der Waals surface area contributed by atoms with Crippen LogP contribution in [-0.2, 0) is 0 Å². The lowest BCUT2D eigenvalue weighted by Crippen LogP contribution is -2.01. The summed E-state index contributed by atoms with van der Waals surface area (Å²) in [6, 6.07) is 0. The second-order valence-electron chi connectivity index (χ2n) is 3.26. The van der Waals surface area contributed by atoms with Crippen molar-refractivity contribution in [1.29, 1.82) is 0 Å². The molecule has 0 bridgehead atoms. The summed E-state index contributed by atoms with van der Waals surface area (Å²) >= 11 is 0. The van der Waals surface area contributed by atoms with Gasteiger partial charge in [-0.25, -0.2) is 0 Å². The molecule has 0 fully saturated rings. The normalized spacial score (nSPS) is 14.3. The van der Waals surface area contributed by atoms with Crippen LogP contribution in [-0.4, -0.2) is 11.7 Å². The minimum atomic E-state index is 0.340. The molecular weight excluding hydrogens is 112 g/mol. The second-order valence-corrected chi connectivity index (χ2v) is 3.26. The molecule has 0 aliphatic carbocycles. The van der Waals surface area contributed by atoms with Crippen LogP contribution in [0, 0.1) is 11.8 Å². The highest BCUT2D eigenvalue weighted by Crippen LogP contribution is 2.10. The van der Waals surface area contributed by atoms with Gasteiger partial charge in [0.05, 0.1) is 0 Å². The fraction of sp³-hybridized carbons (Fsp3) is 1.00. The van der Waals surface area contributed by atoms with Gasteiger partial charge in [-0.05, 0) is 18.3 Å². The molecule has 1 heteroatoms. The van der Waals surface area contributed by atoms with Gasteiger partial charge in [0, 0.05) is 6.61 Å². The van der Waals surface area contributed by atoms with Crippen LogP contribution in [0.1, 0.15) is 33.6 Å². The molecule has 0 spiro atoms. The molecule has 1 unspecified atom stereocenters. The summed E-state index contributed by atoms with van der Waals surface area (Å²) in [7, 11) is 0. The monoisotopic (exact) mass is 130 g/mol. The first kappa shape index (κ1) is 8.96. The van der Waals surface area contributed by atoms with E-state index in [1.807, 2.05) is 0 Å². The van der Waals surface area contributed by atoms with Gasteiger partial charge in [0.2, 0.25) is 0 Å². The van der Waals surface area contributed by atoms with Crippen LogP contribution in [0.5, 0.6) is 0 Å². The Morgan fingerprint density at radius 3 is 2.00 bits per heavy atom. The number of rotatable bonds is 4. The Bertz CT molecular complexity index is 59.6. The van der Waals surface area contributed by atoms with Crippen molar-refractivity contribution in [3.8, 4) is 0 Å². The Morgan fingerprint density at radius 2 is 1.67 bits per heavy atom. The molecule has 9 heavy (non-hydrogen) atoms. The van der Waals surface area contributed by atoms with Crippen molar-refractivity contribution < 1.29 is 5.11 Å². The minimum Gasteiger partial charge on any atom is -0.396 e. The second kappa shape index (κ2) is 4.80. The summed E-state index contributed by atoms with van der Waals surface area (Å²) in [6.45, 7) is 6.85. The van der Waals surface area contributed by atoms with Crippen LogP contribution < -0.4 is 0 Å². The van der Waals surface area contributed by atoms with E-state index in [2.05, 4.69) is 20.8 Å². The van der Waals surface area contributed by atoms with E-state index in [1.54, 1.807) is 0 Å². The molecule has 0 heterocycles. The summed E-state index contributed by atoms with van der Waals surface area (Å²) in [4.78, 5) is 0. The van der Waals surface area contributed by atoms with Gasteiger partial charge in [0.1, 0.15) is 0 Å². The smallest absolute Gasteiger partial charge is 0.0456 e. The molecule has 1 nitrogen and oxygen atoms in total. The Morgan fingerprint density at radius 1 is 1.11 bits per heavy atom. The van der Waals surface area contributed by atoms with Crippen molar-refractivity contribution in [2.75, 3.05) is 6.61 Å². The number of hydrogen-bond donors (Lipinski definition) is 1. The topological polar surface area (TPSA) is 20.2 Å². The van der Waals surface area contributed by atoms with Crippen LogP contribution in [0.15, 0.2) is 0 Å². The van der Waals surface area contributed by atoms with Gasteiger partial charge in [-0.15, -0.1) is 0 Å². The van der Waals surface area contributed by atoms with Crippen molar-refractivity contribution in [3.63, 3.8) is 0 Å². The molecule has 0 radical (unpaired) electrons. The highest BCUT2D eigenvalue weighted by molar-refractivity contribution is 4.52. The number of aliphatic hydroxyl groups is 1. The largest absolute Gasteiger partial charge is 0.396 e. The van der Waals surface area contributed by atoms with E-state index in [0.29, 0.717) is 12.5 Å². The Labute approximate surface area is 58.1 Å². The fourth-order valence-corrected chi connectivity index (χ4v) is 0.709. The minimum absolute atomic E-state index is 0.340. The van der Waals surface area contributed by atoms with Crippen molar-refractivity contribution >= 4 is 0 Å². The van der Waals surface area contributed by atoms with E-state index in [9.17, 15) is 0 Å². The summed E-state index contributed by atoms with van der Waals surface area (Å²) in [6.07, 6.45) is 2.40. The molecule has 0 aromatic carbocycles. The summed E-state index contributed by atoms with van der Waals surface area (Å²) < 4.78 is 0. The molecular formula is C8H18O. The highest BCUT2D eigenvalue weighted by atomic mass is 16.3.